The number of pyridine rings is 1. The lowest BCUT2D eigenvalue weighted by atomic mass is 10.2. The summed E-state index contributed by atoms with van der Waals surface area (Å²) in [4.78, 5) is 13.6. The Labute approximate surface area is 161 Å². The lowest BCUT2D eigenvalue weighted by Crippen LogP contribution is -2.45. The SMILES string of the molecule is COCC(C)NC(N)=NCc1cccnc1N1CCN(C)CC1.I. The minimum atomic E-state index is 0. The molecule has 1 aromatic rings. The van der Waals surface area contributed by atoms with Crippen molar-refractivity contribution in [2.45, 2.75) is 19.5 Å². The molecule has 2 rings (SSSR count). The first-order valence-electron chi connectivity index (χ1n) is 8.03. The van der Waals surface area contributed by atoms with Gasteiger partial charge in [0.1, 0.15) is 5.82 Å². The molecule has 1 aliphatic heterocycles. The van der Waals surface area contributed by atoms with E-state index in [0.717, 1.165) is 37.6 Å². The van der Waals surface area contributed by atoms with Crippen LogP contribution in [-0.4, -0.2) is 68.8 Å². The van der Waals surface area contributed by atoms with E-state index >= 15 is 0 Å². The average Bonchev–Trinajstić information content (AvgIpc) is 2.54. The van der Waals surface area contributed by atoms with Gasteiger partial charge in [0.15, 0.2) is 5.96 Å². The molecule has 0 saturated carbocycles. The molecule has 0 aliphatic carbocycles. The molecule has 24 heavy (non-hydrogen) atoms. The molecule has 0 aromatic carbocycles. The van der Waals surface area contributed by atoms with Crippen molar-refractivity contribution in [2.75, 3.05) is 51.8 Å². The molecule has 1 unspecified atom stereocenters. The van der Waals surface area contributed by atoms with Crippen LogP contribution >= 0.6 is 24.0 Å². The number of rotatable bonds is 6. The number of guanidine groups is 1. The van der Waals surface area contributed by atoms with Gasteiger partial charge >= 0.3 is 0 Å². The maximum Gasteiger partial charge on any atom is 0.189 e. The highest BCUT2D eigenvalue weighted by Crippen LogP contribution is 2.19. The molecule has 1 aliphatic rings. The second kappa shape index (κ2) is 10.7. The molecule has 136 valence electrons. The largest absolute Gasteiger partial charge is 0.383 e. The molecular weight excluding hydrogens is 419 g/mol. The number of nitrogens with two attached hydrogens (primary N) is 1. The van der Waals surface area contributed by atoms with Gasteiger partial charge in [-0.25, -0.2) is 9.98 Å². The molecule has 3 N–H and O–H groups in total. The van der Waals surface area contributed by atoms with Crippen LogP contribution in [0.2, 0.25) is 0 Å². The Kier molecular flexibility index (Phi) is 9.30. The molecule has 0 spiro atoms. The highest BCUT2D eigenvalue weighted by Gasteiger charge is 2.17. The Balaban J connectivity index is 0.00000288. The van der Waals surface area contributed by atoms with Crippen LogP contribution in [0.1, 0.15) is 12.5 Å². The van der Waals surface area contributed by atoms with Crippen molar-refractivity contribution in [1.82, 2.24) is 15.2 Å². The van der Waals surface area contributed by atoms with Crippen molar-refractivity contribution in [3.05, 3.63) is 23.9 Å². The Morgan fingerprint density at radius 3 is 2.79 bits per heavy atom. The summed E-state index contributed by atoms with van der Waals surface area (Å²) in [6.45, 7) is 7.20. The number of piperazine rings is 1. The monoisotopic (exact) mass is 448 g/mol. The van der Waals surface area contributed by atoms with Crippen LogP contribution in [-0.2, 0) is 11.3 Å². The zero-order valence-corrected chi connectivity index (χ0v) is 17.1. The highest BCUT2D eigenvalue weighted by molar-refractivity contribution is 14.0. The van der Waals surface area contributed by atoms with E-state index in [-0.39, 0.29) is 30.0 Å². The van der Waals surface area contributed by atoms with Gasteiger partial charge in [-0.2, -0.15) is 0 Å². The molecule has 2 heterocycles. The quantitative estimate of drug-likeness (QED) is 0.383. The second-order valence-corrected chi connectivity index (χ2v) is 5.98. The fourth-order valence-electron chi connectivity index (χ4n) is 2.62. The number of hydrogen-bond acceptors (Lipinski definition) is 5. The van der Waals surface area contributed by atoms with E-state index in [1.165, 1.54) is 0 Å². The van der Waals surface area contributed by atoms with Crippen LogP contribution in [0.3, 0.4) is 0 Å². The smallest absolute Gasteiger partial charge is 0.189 e. The van der Waals surface area contributed by atoms with Crippen molar-refractivity contribution in [1.29, 1.82) is 0 Å². The molecule has 0 radical (unpaired) electrons. The molecule has 8 heteroatoms. The number of nitrogens with zero attached hydrogens (tertiary/aromatic N) is 4. The third kappa shape index (κ3) is 6.40. The first-order chi connectivity index (χ1) is 11.1. The summed E-state index contributed by atoms with van der Waals surface area (Å²) in [5.41, 5.74) is 7.04. The van der Waals surface area contributed by atoms with Crippen LogP contribution in [0.5, 0.6) is 0 Å². The maximum absolute atomic E-state index is 5.94. The summed E-state index contributed by atoms with van der Waals surface area (Å²) in [6.07, 6.45) is 1.84. The Bertz CT molecular complexity index is 519. The molecule has 1 saturated heterocycles. The Morgan fingerprint density at radius 1 is 1.42 bits per heavy atom. The molecule has 1 fully saturated rings. The summed E-state index contributed by atoms with van der Waals surface area (Å²) in [6, 6.07) is 4.15. The number of halogens is 1. The zero-order chi connectivity index (χ0) is 16.7. The van der Waals surface area contributed by atoms with Crippen LogP contribution < -0.4 is 16.0 Å². The van der Waals surface area contributed by atoms with E-state index in [1.54, 1.807) is 7.11 Å². The first kappa shape index (κ1) is 20.9. The first-order valence-corrected chi connectivity index (χ1v) is 8.03. The van der Waals surface area contributed by atoms with Crippen LogP contribution in [0.25, 0.3) is 0 Å². The van der Waals surface area contributed by atoms with E-state index in [0.29, 0.717) is 19.1 Å². The second-order valence-electron chi connectivity index (χ2n) is 5.98. The number of hydrogen-bond donors (Lipinski definition) is 2. The fraction of sp³-hybridized carbons (Fsp3) is 0.625. The Morgan fingerprint density at radius 2 is 2.12 bits per heavy atom. The maximum atomic E-state index is 5.94. The van der Waals surface area contributed by atoms with E-state index in [9.17, 15) is 0 Å². The topological polar surface area (TPSA) is 79.0 Å². The minimum absolute atomic E-state index is 0. The number of aromatic nitrogens is 1. The van der Waals surface area contributed by atoms with Gasteiger partial charge in [-0.15, -0.1) is 24.0 Å². The molecular formula is C16H29IN6O. The fourth-order valence-corrected chi connectivity index (χ4v) is 2.62. The van der Waals surface area contributed by atoms with Crippen molar-refractivity contribution >= 4 is 35.8 Å². The van der Waals surface area contributed by atoms with Crippen molar-refractivity contribution in [3.63, 3.8) is 0 Å². The van der Waals surface area contributed by atoms with Gasteiger partial charge < -0.3 is 25.6 Å². The lowest BCUT2D eigenvalue weighted by molar-refractivity contribution is 0.179. The zero-order valence-electron chi connectivity index (χ0n) is 14.7. The van der Waals surface area contributed by atoms with Crippen LogP contribution in [0.4, 0.5) is 5.82 Å². The van der Waals surface area contributed by atoms with Crippen molar-refractivity contribution in [2.24, 2.45) is 10.7 Å². The number of likely N-dealkylation sites (N-methyl/N-ethyl adjacent to an activating group) is 1. The van der Waals surface area contributed by atoms with E-state index in [2.05, 4.69) is 38.2 Å². The summed E-state index contributed by atoms with van der Waals surface area (Å²) in [5, 5.41) is 3.12. The predicted octanol–water partition coefficient (Wildman–Crippen LogP) is 0.891. The van der Waals surface area contributed by atoms with Crippen molar-refractivity contribution < 1.29 is 4.74 Å². The summed E-state index contributed by atoms with van der Waals surface area (Å²) < 4.78 is 5.08. The molecule has 0 bridgehead atoms. The van der Waals surface area contributed by atoms with Crippen molar-refractivity contribution in [3.8, 4) is 0 Å². The Hall–Kier alpha value is -1.13. The van der Waals surface area contributed by atoms with Gasteiger partial charge in [-0.1, -0.05) is 6.07 Å². The van der Waals surface area contributed by atoms with Gasteiger partial charge in [0.05, 0.1) is 13.2 Å². The third-order valence-corrected chi connectivity index (χ3v) is 3.90. The van der Waals surface area contributed by atoms with Gasteiger partial charge in [-0.3, -0.25) is 0 Å². The van der Waals surface area contributed by atoms with Crippen LogP contribution in [0, 0.1) is 0 Å². The van der Waals surface area contributed by atoms with Gasteiger partial charge in [0, 0.05) is 51.1 Å². The summed E-state index contributed by atoms with van der Waals surface area (Å²) in [5.74, 6) is 1.45. The highest BCUT2D eigenvalue weighted by atomic mass is 127. The normalized spacial score (nSPS) is 17.3. The number of aliphatic imine (C=N–C) groups is 1. The molecule has 1 aromatic heterocycles. The van der Waals surface area contributed by atoms with E-state index in [1.807, 2.05) is 19.2 Å². The van der Waals surface area contributed by atoms with Gasteiger partial charge in [0.25, 0.3) is 0 Å². The number of ether oxygens (including phenoxy) is 1. The van der Waals surface area contributed by atoms with Gasteiger partial charge in [-0.05, 0) is 20.0 Å². The predicted molar refractivity (Wildman–Crippen MR) is 109 cm³/mol. The summed E-state index contributed by atoms with van der Waals surface area (Å²) in [7, 11) is 3.82. The molecule has 0 amide bonds. The lowest BCUT2D eigenvalue weighted by Gasteiger charge is -2.34. The number of methoxy groups -OCH3 is 1. The minimum Gasteiger partial charge on any atom is -0.383 e. The van der Waals surface area contributed by atoms with Crippen LogP contribution in [0.15, 0.2) is 23.3 Å². The third-order valence-electron chi connectivity index (χ3n) is 3.90. The van der Waals surface area contributed by atoms with Gasteiger partial charge in [0.2, 0.25) is 0 Å². The summed E-state index contributed by atoms with van der Waals surface area (Å²) >= 11 is 0. The average molecular weight is 448 g/mol. The standard InChI is InChI=1S/C16H28N6O.HI/c1-13(12-23-3)20-16(17)19-11-14-5-4-6-18-15(14)22-9-7-21(2)8-10-22;/h4-6,13H,7-12H2,1-3H3,(H3,17,19,20);1H. The number of nitrogens with one attached hydrogen (secondary N) is 1. The molecule has 7 nitrogen and oxygen atoms in total. The number of anilines is 1. The van der Waals surface area contributed by atoms with E-state index < -0.39 is 0 Å². The van der Waals surface area contributed by atoms with E-state index in [4.69, 9.17) is 10.5 Å². The molecule has 1 atom stereocenters.